The third-order valence-electron chi connectivity index (χ3n) is 1.99. The van der Waals surface area contributed by atoms with Crippen molar-refractivity contribution < 1.29 is 14.2 Å². The van der Waals surface area contributed by atoms with Crippen molar-refractivity contribution in [1.29, 1.82) is 0 Å². The molecular formula is C10H14FNO2. The molecule has 0 saturated heterocycles. The van der Waals surface area contributed by atoms with Crippen LogP contribution in [0.4, 0.5) is 4.39 Å². The van der Waals surface area contributed by atoms with Crippen LogP contribution in [0.15, 0.2) is 18.2 Å². The Balaban J connectivity index is 2.97. The molecule has 0 spiro atoms. The highest BCUT2D eigenvalue weighted by Gasteiger charge is 2.13. The van der Waals surface area contributed by atoms with Crippen molar-refractivity contribution >= 4 is 0 Å². The average molecular weight is 199 g/mol. The second-order valence-corrected chi connectivity index (χ2v) is 2.98. The topological polar surface area (TPSA) is 55.5 Å². The second kappa shape index (κ2) is 4.93. The van der Waals surface area contributed by atoms with Gasteiger partial charge in [-0.3, -0.25) is 0 Å². The Morgan fingerprint density at radius 1 is 1.57 bits per heavy atom. The van der Waals surface area contributed by atoms with Gasteiger partial charge in [-0.15, -0.1) is 0 Å². The summed E-state index contributed by atoms with van der Waals surface area (Å²) in [6.07, 6.45) is -0.384. The summed E-state index contributed by atoms with van der Waals surface area (Å²) < 4.78 is 17.9. The SMILES string of the molecule is COc1ccc(F)cc1C(O)CCN. The normalized spacial score (nSPS) is 12.6. The molecule has 3 N–H and O–H groups in total. The molecule has 14 heavy (non-hydrogen) atoms. The van der Waals surface area contributed by atoms with Gasteiger partial charge in [0.15, 0.2) is 0 Å². The van der Waals surface area contributed by atoms with E-state index < -0.39 is 11.9 Å². The van der Waals surface area contributed by atoms with Crippen LogP contribution in [0.3, 0.4) is 0 Å². The quantitative estimate of drug-likeness (QED) is 0.766. The van der Waals surface area contributed by atoms with Crippen molar-refractivity contribution in [1.82, 2.24) is 0 Å². The number of hydrogen-bond acceptors (Lipinski definition) is 3. The Labute approximate surface area is 82.3 Å². The van der Waals surface area contributed by atoms with Gasteiger partial charge in [0.1, 0.15) is 11.6 Å². The highest BCUT2D eigenvalue weighted by molar-refractivity contribution is 5.35. The summed E-state index contributed by atoms with van der Waals surface area (Å²) in [5.74, 6) is 0.0872. The third kappa shape index (κ3) is 2.43. The van der Waals surface area contributed by atoms with Gasteiger partial charge in [0.2, 0.25) is 0 Å². The van der Waals surface area contributed by atoms with Gasteiger partial charge in [-0.05, 0) is 31.2 Å². The van der Waals surface area contributed by atoms with E-state index in [9.17, 15) is 9.50 Å². The molecule has 0 heterocycles. The van der Waals surface area contributed by atoms with E-state index in [1.807, 2.05) is 0 Å². The first-order valence-corrected chi connectivity index (χ1v) is 4.40. The van der Waals surface area contributed by atoms with E-state index >= 15 is 0 Å². The Morgan fingerprint density at radius 3 is 2.86 bits per heavy atom. The first-order chi connectivity index (χ1) is 6.69. The van der Waals surface area contributed by atoms with Crippen LogP contribution in [0.25, 0.3) is 0 Å². The second-order valence-electron chi connectivity index (χ2n) is 2.98. The maximum absolute atomic E-state index is 12.9. The Kier molecular flexibility index (Phi) is 3.85. The van der Waals surface area contributed by atoms with Gasteiger partial charge >= 0.3 is 0 Å². The molecule has 0 radical (unpaired) electrons. The van der Waals surface area contributed by atoms with Crippen molar-refractivity contribution in [3.8, 4) is 5.75 Å². The fourth-order valence-corrected chi connectivity index (χ4v) is 1.28. The predicted molar refractivity (Wildman–Crippen MR) is 51.6 cm³/mol. The van der Waals surface area contributed by atoms with E-state index in [4.69, 9.17) is 10.5 Å². The molecule has 0 bridgehead atoms. The molecule has 0 aliphatic heterocycles. The monoisotopic (exact) mass is 199 g/mol. The van der Waals surface area contributed by atoms with Crippen LogP contribution in [0, 0.1) is 5.82 Å². The van der Waals surface area contributed by atoms with E-state index in [1.165, 1.54) is 25.3 Å². The summed E-state index contributed by atoms with van der Waals surface area (Å²) in [6, 6.07) is 4.04. The van der Waals surface area contributed by atoms with Gasteiger partial charge in [0, 0.05) is 5.56 Å². The van der Waals surface area contributed by atoms with E-state index in [0.717, 1.165) is 0 Å². The lowest BCUT2D eigenvalue weighted by molar-refractivity contribution is 0.165. The summed E-state index contributed by atoms with van der Waals surface area (Å²) in [6.45, 7) is 0.348. The predicted octanol–water partition coefficient (Wildman–Crippen LogP) is 1.22. The molecule has 78 valence electrons. The number of ether oxygens (including phenoxy) is 1. The average Bonchev–Trinajstić information content (AvgIpc) is 2.18. The fraction of sp³-hybridized carbons (Fsp3) is 0.400. The number of aliphatic hydroxyl groups excluding tert-OH is 1. The van der Waals surface area contributed by atoms with Crippen molar-refractivity contribution in [2.24, 2.45) is 5.73 Å². The minimum atomic E-state index is -0.773. The van der Waals surface area contributed by atoms with Gasteiger partial charge in [-0.25, -0.2) is 4.39 Å². The van der Waals surface area contributed by atoms with Gasteiger partial charge in [-0.1, -0.05) is 0 Å². The van der Waals surface area contributed by atoms with Crippen molar-refractivity contribution in [2.75, 3.05) is 13.7 Å². The van der Waals surface area contributed by atoms with Crippen molar-refractivity contribution in [2.45, 2.75) is 12.5 Å². The number of nitrogens with two attached hydrogens (primary N) is 1. The van der Waals surface area contributed by atoms with Crippen LogP contribution in [-0.2, 0) is 0 Å². The van der Waals surface area contributed by atoms with Gasteiger partial charge in [0.05, 0.1) is 13.2 Å². The zero-order valence-corrected chi connectivity index (χ0v) is 8.03. The molecule has 3 nitrogen and oxygen atoms in total. The lowest BCUT2D eigenvalue weighted by atomic mass is 10.1. The van der Waals surface area contributed by atoms with Crippen molar-refractivity contribution in [3.63, 3.8) is 0 Å². The number of benzene rings is 1. The van der Waals surface area contributed by atoms with E-state index in [0.29, 0.717) is 24.3 Å². The minimum Gasteiger partial charge on any atom is -0.496 e. The molecule has 0 aromatic heterocycles. The van der Waals surface area contributed by atoms with Gasteiger partial charge in [0.25, 0.3) is 0 Å². The van der Waals surface area contributed by atoms with Gasteiger partial charge in [-0.2, -0.15) is 0 Å². The first-order valence-electron chi connectivity index (χ1n) is 4.40. The Hall–Kier alpha value is -1.13. The third-order valence-corrected chi connectivity index (χ3v) is 1.99. The molecule has 1 atom stereocenters. The maximum Gasteiger partial charge on any atom is 0.124 e. The van der Waals surface area contributed by atoms with Crippen LogP contribution in [-0.4, -0.2) is 18.8 Å². The van der Waals surface area contributed by atoms with E-state index in [1.54, 1.807) is 0 Å². The van der Waals surface area contributed by atoms with Crippen LogP contribution >= 0.6 is 0 Å². The van der Waals surface area contributed by atoms with Crippen LogP contribution < -0.4 is 10.5 Å². The summed E-state index contributed by atoms with van der Waals surface area (Å²) in [4.78, 5) is 0. The highest BCUT2D eigenvalue weighted by Crippen LogP contribution is 2.27. The largest absolute Gasteiger partial charge is 0.496 e. The minimum absolute atomic E-state index is 0.348. The van der Waals surface area contributed by atoms with Crippen molar-refractivity contribution in [3.05, 3.63) is 29.6 Å². The molecule has 0 aliphatic carbocycles. The molecule has 0 aliphatic rings. The number of methoxy groups -OCH3 is 1. The molecule has 1 unspecified atom stereocenters. The van der Waals surface area contributed by atoms with Crippen LogP contribution in [0.2, 0.25) is 0 Å². The molecule has 1 rings (SSSR count). The summed E-state index contributed by atoms with van der Waals surface area (Å²) in [5.41, 5.74) is 5.74. The molecule has 0 amide bonds. The standard InChI is InChI=1S/C10H14FNO2/c1-14-10-3-2-7(11)6-8(10)9(13)4-5-12/h2-3,6,9,13H,4-5,12H2,1H3. The summed E-state index contributed by atoms with van der Waals surface area (Å²) >= 11 is 0. The lowest BCUT2D eigenvalue weighted by Gasteiger charge is -2.13. The molecular weight excluding hydrogens is 185 g/mol. The fourth-order valence-electron chi connectivity index (χ4n) is 1.28. The Bertz CT molecular complexity index is 304. The Morgan fingerprint density at radius 2 is 2.29 bits per heavy atom. The smallest absolute Gasteiger partial charge is 0.124 e. The number of rotatable bonds is 4. The van der Waals surface area contributed by atoms with Crippen LogP contribution in [0.1, 0.15) is 18.1 Å². The number of aliphatic hydroxyl groups is 1. The molecule has 0 fully saturated rings. The maximum atomic E-state index is 12.9. The zero-order chi connectivity index (χ0) is 10.6. The summed E-state index contributed by atoms with van der Waals surface area (Å²) in [5, 5.41) is 9.63. The van der Waals surface area contributed by atoms with E-state index in [-0.39, 0.29) is 0 Å². The van der Waals surface area contributed by atoms with Gasteiger partial charge < -0.3 is 15.6 Å². The molecule has 1 aromatic carbocycles. The lowest BCUT2D eigenvalue weighted by Crippen LogP contribution is -2.08. The van der Waals surface area contributed by atoms with Crippen LogP contribution in [0.5, 0.6) is 5.75 Å². The first kappa shape index (κ1) is 10.9. The molecule has 0 saturated carbocycles. The highest BCUT2D eigenvalue weighted by atomic mass is 19.1. The summed E-state index contributed by atoms with van der Waals surface area (Å²) in [7, 11) is 1.48. The number of halogens is 1. The number of hydrogen-bond donors (Lipinski definition) is 2. The molecule has 1 aromatic rings. The molecule has 4 heteroatoms. The van der Waals surface area contributed by atoms with E-state index in [2.05, 4.69) is 0 Å². The zero-order valence-electron chi connectivity index (χ0n) is 8.03.